The summed E-state index contributed by atoms with van der Waals surface area (Å²) in [4.78, 5) is 11.6. The summed E-state index contributed by atoms with van der Waals surface area (Å²) >= 11 is 0. The van der Waals surface area contributed by atoms with Gasteiger partial charge in [-0.25, -0.2) is 4.79 Å². The second-order valence-electron chi connectivity index (χ2n) is 4.10. The number of rotatable bonds is 3. The molecule has 2 rings (SSSR count). The van der Waals surface area contributed by atoms with Crippen LogP contribution in [0.1, 0.15) is 42.6 Å². The molecule has 1 atom stereocenters. The normalized spacial score (nSPS) is 17.8. The van der Waals surface area contributed by atoms with Crippen molar-refractivity contribution < 1.29 is 14.3 Å². The third-order valence-electron chi connectivity index (χ3n) is 2.71. The number of benzene rings is 1. The highest BCUT2D eigenvalue weighted by Gasteiger charge is 2.17. The van der Waals surface area contributed by atoms with Gasteiger partial charge in [-0.3, -0.25) is 0 Å². The van der Waals surface area contributed by atoms with Crippen LogP contribution in [0.3, 0.4) is 0 Å². The van der Waals surface area contributed by atoms with E-state index in [2.05, 4.69) is 0 Å². The highest BCUT2D eigenvalue weighted by atomic mass is 16.6. The maximum atomic E-state index is 11.6. The van der Waals surface area contributed by atoms with Crippen LogP contribution in [0, 0.1) is 6.92 Å². The molecule has 3 heteroatoms. The second kappa shape index (κ2) is 7.88. The number of carbonyl (C=O) groups is 1. The minimum atomic E-state index is -0.268. The molecule has 0 spiro atoms. The molecule has 0 aromatic heterocycles. The molecule has 1 aliphatic heterocycles. The van der Waals surface area contributed by atoms with Crippen LogP contribution in [0.5, 0.6) is 0 Å². The van der Waals surface area contributed by atoms with E-state index < -0.39 is 0 Å². The van der Waals surface area contributed by atoms with Crippen LogP contribution in [0.2, 0.25) is 0 Å². The van der Waals surface area contributed by atoms with Crippen molar-refractivity contribution in [1.82, 2.24) is 0 Å². The molecule has 0 radical (unpaired) electrons. The number of hydrogen-bond acceptors (Lipinski definition) is 3. The third kappa shape index (κ3) is 4.49. The molecule has 0 bridgehead atoms. The van der Waals surface area contributed by atoms with Gasteiger partial charge >= 0.3 is 5.97 Å². The lowest BCUT2D eigenvalue weighted by molar-refractivity contribution is 0.0161. The van der Waals surface area contributed by atoms with Gasteiger partial charge in [0, 0.05) is 6.61 Å². The predicted molar refractivity (Wildman–Crippen MR) is 71.8 cm³/mol. The molecule has 0 N–H and O–H groups in total. The summed E-state index contributed by atoms with van der Waals surface area (Å²) in [5, 5.41) is 0. The summed E-state index contributed by atoms with van der Waals surface area (Å²) in [6, 6.07) is 7.38. The van der Waals surface area contributed by atoms with Crippen LogP contribution in [0.15, 0.2) is 24.3 Å². The Hall–Kier alpha value is -1.35. The summed E-state index contributed by atoms with van der Waals surface area (Å²) in [7, 11) is 0. The SMILES string of the molecule is CC.Cc1ccc(C(=O)OCC2CCCO2)cc1. The molecular formula is C15H22O3. The van der Waals surface area contributed by atoms with E-state index in [-0.39, 0.29) is 12.1 Å². The Morgan fingerprint density at radius 3 is 2.56 bits per heavy atom. The maximum Gasteiger partial charge on any atom is 0.338 e. The van der Waals surface area contributed by atoms with Crippen LogP contribution < -0.4 is 0 Å². The molecule has 3 nitrogen and oxygen atoms in total. The molecule has 1 fully saturated rings. The summed E-state index contributed by atoms with van der Waals surface area (Å²) in [5.41, 5.74) is 1.74. The number of ether oxygens (including phenoxy) is 2. The first kappa shape index (κ1) is 14.7. The van der Waals surface area contributed by atoms with Gasteiger partial charge in [-0.05, 0) is 31.9 Å². The van der Waals surface area contributed by atoms with Crippen molar-refractivity contribution in [3.8, 4) is 0 Å². The second-order valence-corrected chi connectivity index (χ2v) is 4.10. The zero-order valence-electron chi connectivity index (χ0n) is 11.4. The summed E-state index contributed by atoms with van der Waals surface area (Å²) in [6.07, 6.45) is 2.14. The van der Waals surface area contributed by atoms with Crippen LogP contribution in [0.25, 0.3) is 0 Å². The fraction of sp³-hybridized carbons (Fsp3) is 0.533. The number of aryl methyl sites for hydroxylation is 1. The molecule has 1 unspecified atom stereocenters. The van der Waals surface area contributed by atoms with Gasteiger partial charge in [0.1, 0.15) is 6.61 Å². The first-order chi connectivity index (χ1) is 8.75. The van der Waals surface area contributed by atoms with Crippen molar-refractivity contribution >= 4 is 5.97 Å². The van der Waals surface area contributed by atoms with E-state index in [1.807, 2.05) is 32.9 Å². The topological polar surface area (TPSA) is 35.5 Å². The molecule has 0 saturated carbocycles. The lowest BCUT2D eigenvalue weighted by Gasteiger charge is -2.10. The van der Waals surface area contributed by atoms with Crippen molar-refractivity contribution in [1.29, 1.82) is 0 Å². The molecule has 0 aliphatic carbocycles. The summed E-state index contributed by atoms with van der Waals surface area (Å²) in [5.74, 6) is -0.268. The number of carbonyl (C=O) groups excluding carboxylic acids is 1. The van der Waals surface area contributed by atoms with Crippen LogP contribution in [-0.4, -0.2) is 25.3 Å². The molecule has 100 valence electrons. The third-order valence-corrected chi connectivity index (χ3v) is 2.71. The van der Waals surface area contributed by atoms with Crippen molar-refractivity contribution in [2.75, 3.05) is 13.2 Å². The smallest absolute Gasteiger partial charge is 0.338 e. The zero-order chi connectivity index (χ0) is 13.4. The summed E-state index contributed by atoms with van der Waals surface area (Å²) < 4.78 is 10.6. The van der Waals surface area contributed by atoms with Gasteiger partial charge in [0.15, 0.2) is 0 Å². The first-order valence-corrected chi connectivity index (χ1v) is 6.61. The Morgan fingerprint density at radius 1 is 1.33 bits per heavy atom. The van der Waals surface area contributed by atoms with Gasteiger partial charge in [-0.1, -0.05) is 31.5 Å². The maximum absolute atomic E-state index is 11.6. The number of hydrogen-bond donors (Lipinski definition) is 0. The molecule has 0 amide bonds. The van der Waals surface area contributed by atoms with E-state index in [4.69, 9.17) is 9.47 Å². The van der Waals surface area contributed by atoms with Crippen LogP contribution >= 0.6 is 0 Å². The lowest BCUT2D eigenvalue weighted by atomic mass is 10.1. The van der Waals surface area contributed by atoms with Gasteiger partial charge in [-0.2, -0.15) is 0 Å². The minimum absolute atomic E-state index is 0.0920. The van der Waals surface area contributed by atoms with E-state index in [1.54, 1.807) is 12.1 Å². The van der Waals surface area contributed by atoms with E-state index in [1.165, 1.54) is 0 Å². The Bertz CT molecular complexity index is 351. The van der Waals surface area contributed by atoms with E-state index >= 15 is 0 Å². The average molecular weight is 250 g/mol. The lowest BCUT2D eigenvalue weighted by Crippen LogP contribution is -2.17. The van der Waals surface area contributed by atoms with Gasteiger partial charge in [0.25, 0.3) is 0 Å². The fourth-order valence-electron chi connectivity index (χ4n) is 1.72. The van der Waals surface area contributed by atoms with Crippen molar-refractivity contribution in [2.45, 2.75) is 39.7 Å². The molecule has 1 aliphatic rings. The molecule has 1 aromatic carbocycles. The fourth-order valence-corrected chi connectivity index (χ4v) is 1.72. The Kier molecular flexibility index (Phi) is 6.44. The number of esters is 1. The van der Waals surface area contributed by atoms with E-state index in [9.17, 15) is 4.79 Å². The van der Waals surface area contributed by atoms with E-state index in [0.29, 0.717) is 12.2 Å². The minimum Gasteiger partial charge on any atom is -0.459 e. The Labute approximate surface area is 109 Å². The highest BCUT2D eigenvalue weighted by molar-refractivity contribution is 5.89. The van der Waals surface area contributed by atoms with Gasteiger partial charge in [0.2, 0.25) is 0 Å². The van der Waals surface area contributed by atoms with E-state index in [0.717, 1.165) is 25.0 Å². The highest BCUT2D eigenvalue weighted by Crippen LogP contribution is 2.13. The molecule has 1 aromatic rings. The van der Waals surface area contributed by atoms with Gasteiger partial charge < -0.3 is 9.47 Å². The molecule has 1 saturated heterocycles. The van der Waals surface area contributed by atoms with Gasteiger partial charge in [0.05, 0.1) is 11.7 Å². The zero-order valence-corrected chi connectivity index (χ0v) is 11.4. The summed E-state index contributed by atoms with van der Waals surface area (Å²) in [6.45, 7) is 7.14. The van der Waals surface area contributed by atoms with Gasteiger partial charge in [-0.15, -0.1) is 0 Å². The molecule has 1 heterocycles. The monoisotopic (exact) mass is 250 g/mol. The van der Waals surface area contributed by atoms with Crippen LogP contribution in [0.4, 0.5) is 0 Å². The average Bonchev–Trinajstić information content (AvgIpc) is 2.92. The molecular weight excluding hydrogens is 228 g/mol. The Balaban J connectivity index is 0.000000771. The van der Waals surface area contributed by atoms with Crippen molar-refractivity contribution in [3.05, 3.63) is 35.4 Å². The largest absolute Gasteiger partial charge is 0.459 e. The Morgan fingerprint density at radius 2 is 2.00 bits per heavy atom. The first-order valence-electron chi connectivity index (χ1n) is 6.61. The quantitative estimate of drug-likeness (QED) is 0.772. The van der Waals surface area contributed by atoms with Crippen molar-refractivity contribution in [2.24, 2.45) is 0 Å². The predicted octanol–water partition coefficient (Wildman–Crippen LogP) is 3.36. The van der Waals surface area contributed by atoms with Crippen molar-refractivity contribution in [3.63, 3.8) is 0 Å². The standard InChI is InChI=1S/C13H16O3.C2H6/c1-10-4-6-11(7-5-10)13(14)16-9-12-3-2-8-15-12;1-2/h4-7,12H,2-3,8-9H2,1H3;1-2H3. The molecule has 18 heavy (non-hydrogen) atoms. The van der Waals surface area contributed by atoms with Crippen LogP contribution in [-0.2, 0) is 9.47 Å².